The first-order valence-electron chi connectivity index (χ1n) is 5.94. The Morgan fingerprint density at radius 3 is 2.67 bits per heavy atom. The number of furan rings is 1. The molecule has 0 saturated heterocycles. The van der Waals surface area contributed by atoms with E-state index in [9.17, 15) is 13.2 Å². The van der Waals surface area contributed by atoms with E-state index < -0.39 is 12.3 Å². The highest BCUT2D eigenvalue weighted by Gasteiger charge is 2.37. The molecule has 1 unspecified atom stereocenters. The maximum Gasteiger partial charge on any atom is 0.414 e. The van der Waals surface area contributed by atoms with Crippen LogP contribution in [0.15, 0.2) is 16.5 Å². The zero-order valence-electron chi connectivity index (χ0n) is 10.1. The summed E-state index contributed by atoms with van der Waals surface area (Å²) in [5.41, 5.74) is 0. The summed E-state index contributed by atoms with van der Waals surface area (Å²) < 4.78 is 46.7. The van der Waals surface area contributed by atoms with Crippen molar-refractivity contribution in [2.45, 2.75) is 51.2 Å². The number of hydrogen-bond acceptors (Lipinski definition) is 3. The Labute approximate surface area is 103 Å². The fourth-order valence-corrected chi connectivity index (χ4v) is 1.43. The van der Waals surface area contributed by atoms with Gasteiger partial charge in [-0.2, -0.15) is 13.2 Å². The van der Waals surface area contributed by atoms with E-state index in [1.54, 1.807) is 12.1 Å². The third-order valence-corrected chi connectivity index (χ3v) is 2.80. The molecule has 1 saturated carbocycles. The van der Waals surface area contributed by atoms with E-state index in [0.29, 0.717) is 18.3 Å². The maximum absolute atomic E-state index is 12.2. The van der Waals surface area contributed by atoms with E-state index in [-0.39, 0.29) is 6.61 Å². The SMILES string of the molecule is CC(OCc1ccc(CNC2CC2)o1)C(F)(F)F. The van der Waals surface area contributed by atoms with Gasteiger partial charge in [-0.15, -0.1) is 0 Å². The summed E-state index contributed by atoms with van der Waals surface area (Å²) in [6.07, 6.45) is -3.75. The predicted molar refractivity (Wildman–Crippen MR) is 58.9 cm³/mol. The van der Waals surface area contributed by atoms with E-state index in [0.717, 1.165) is 12.7 Å². The highest BCUT2D eigenvalue weighted by atomic mass is 19.4. The van der Waals surface area contributed by atoms with E-state index in [4.69, 9.17) is 9.15 Å². The Kier molecular flexibility index (Phi) is 3.97. The van der Waals surface area contributed by atoms with E-state index in [1.165, 1.54) is 12.8 Å². The minimum absolute atomic E-state index is 0.163. The molecule has 0 aromatic carbocycles. The number of rotatable bonds is 6. The number of halogens is 3. The van der Waals surface area contributed by atoms with Crippen molar-refractivity contribution in [1.29, 1.82) is 0 Å². The van der Waals surface area contributed by atoms with Crippen molar-refractivity contribution in [3.63, 3.8) is 0 Å². The van der Waals surface area contributed by atoms with Crippen LogP contribution in [0.4, 0.5) is 13.2 Å². The van der Waals surface area contributed by atoms with Crippen molar-refractivity contribution < 1.29 is 22.3 Å². The molecule has 102 valence electrons. The number of ether oxygens (including phenoxy) is 1. The van der Waals surface area contributed by atoms with Crippen LogP contribution in [0.3, 0.4) is 0 Å². The lowest BCUT2D eigenvalue weighted by Crippen LogP contribution is -2.28. The fourth-order valence-electron chi connectivity index (χ4n) is 1.43. The molecule has 1 aromatic heterocycles. The van der Waals surface area contributed by atoms with Crippen LogP contribution in [0.5, 0.6) is 0 Å². The average molecular weight is 263 g/mol. The van der Waals surface area contributed by atoms with Crippen LogP contribution in [0.2, 0.25) is 0 Å². The molecule has 6 heteroatoms. The highest BCUT2D eigenvalue weighted by molar-refractivity contribution is 5.06. The Morgan fingerprint density at radius 2 is 2.06 bits per heavy atom. The van der Waals surface area contributed by atoms with Gasteiger partial charge in [-0.3, -0.25) is 0 Å². The van der Waals surface area contributed by atoms with Crippen LogP contribution in [0.1, 0.15) is 31.3 Å². The average Bonchev–Trinajstić information content (AvgIpc) is 3.01. The molecule has 18 heavy (non-hydrogen) atoms. The molecule has 1 N–H and O–H groups in total. The summed E-state index contributed by atoms with van der Waals surface area (Å²) in [6, 6.07) is 3.97. The van der Waals surface area contributed by atoms with Gasteiger partial charge in [-0.1, -0.05) is 0 Å². The first-order chi connectivity index (χ1) is 8.45. The molecule has 1 atom stereocenters. The molecule has 1 aliphatic carbocycles. The standard InChI is InChI=1S/C12H16F3NO2/c1-8(12(13,14)15)17-7-11-5-4-10(18-11)6-16-9-2-3-9/h4-5,8-9,16H,2-3,6-7H2,1H3. The summed E-state index contributed by atoms with van der Waals surface area (Å²) >= 11 is 0. The smallest absolute Gasteiger partial charge is 0.414 e. The van der Waals surface area contributed by atoms with E-state index in [2.05, 4.69) is 5.32 Å². The largest absolute Gasteiger partial charge is 0.462 e. The van der Waals surface area contributed by atoms with Gasteiger partial charge >= 0.3 is 6.18 Å². The molecule has 1 aromatic rings. The zero-order chi connectivity index (χ0) is 13.2. The van der Waals surface area contributed by atoms with Gasteiger partial charge in [-0.25, -0.2) is 0 Å². The van der Waals surface area contributed by atoms with Gasteiger partial charge in [0.1, 0.15) is 18.1 Å². The molecule has 0 spiro atoms. The predicted octanol–water partition coefficient (Wildman–Crippen LogP) is 3.00. The molecule has 0 aliphatic heterocycles. The second kappa shape index (κ2) is 5.32. The molecule has 2 rings (SSSR count). The van der Waals surface area contributed by atoms with Crippen molar-refractivity contribution in [2.75, 3.05) is 0 Å². The van der Waals surface area contributed by atoms with Gasteiger partial charge in [0, 0.05) is 6.04 Å². The van der Waals surface area contributed by atoms with Gasteiger partial charge in [0.15, 0.2) is 6.10 Å². The minimum atomic E-state index is -4.33. The molecule has 0 bridgehead atoms. The normalized spacial score (nSPS) is 18.0. The second-order valence-electron chi connectivity index (χ2n) is 4.52. The Hall–Kier alpha value is -1.01. The van der Waals surface area contributed by atoms with Crippen LogP contribution in [0.25, 0.3) is 0 Å². The highest BCUT2D eigenvalue weighted by Crippen LogP contribution is 2.24. The quantitative estimate of drug-likeness (QED) is 0.856. The van der Waals surface area contributed by atoms with Gasteiger partial charge in [0.05, 0.1) is 6.54 Å². The Balaban J connectivity index is 1.75. The van der Waals surface area contributed by atoms with Gasteiger partial charge < -0.3 is 14.5 Å². The van der Waals surface area contributed by atoms with Crippen molar-refractivity contribution in [3.05, 3.63) is 23.7 Å². The van der Waals surface area contributed by atoms with Gasteiger partial charge in [0.2, 0.25) is 0 Å². The summed E-state index contributed by atoms with van der Waals surface area (Å²) in [5.74, 6) is 1.14. The molecule has 3 nitrogen and oxygen atoms in total. The lowest BCUT2D eigenvalue weighted by Gasteiger charge is -2.15. The van der Waals surface area contributed by atoms with Crippen molar-refractivity contribution in [3.8, 4) is 0 Å². The molecule has 1 fully saturated rings. The lowest BCUT2D eigenvalue weighted by molar-refractivity contribution is -0.218. The van der Waals surface area contributed by atoms with Gasteiger partial charge in [-0.05, 0) is 31.9 Å². The summed E-state index contributed by atoms with van der Waals surface area (Å²) in [5, 5.41) is 3.26. The number of nitrogens with one attached hydrogen (secondary N) is 1. The topological polar surface area (TPSA) is 34.4 Å². The summed E-state index contributed by atoms with van der Waals surface area (Å²) in [6.45, 7) is 1.43. The molecule has 1 aliphatic rings. The minimum Gasteiger partial charge on any atom is -0.462 e. The Morgan fingerprint density at radius 1 is 1.39 bits per heavy atom. The Bertz CT molecular complexity index is 385. The molecular weight excluding hydrogens is 247 g/mol. The van der Waals surface area contributed by atoms with Crippen molar-refractivity contribution in [1.82, 2.24) is 5.32 Å². The summed E-state index contributed by atoms with van der Waals surface area (Å²) in [4.78, 5) is 0. The first kappa shape index (κ1) is 13.4. The zero-order valence-corrected chi connectivity index (χ0v) is 10.1. The van der Waals surface area contributed by atoms with Crippen LogP contribution >= 0.6 is 0 Å². The van der Waals surface area contributed by atoms with Crippen LogP contribution < -0.4 is 5.32 Å². The van der Waals surface area contributed by atoms with Crippen LogP contribution in [-0.4, -0.2) is 18.3 Å². The summed E-state index contributed by atoms with van der Waals surface area (Å²) in [7, 11) is 0. The van der Waals surface area contributed by atoms with Crippen molar-refractivity contribution in [2.24, 2.45) is 0 Å². The van der Waals surface area contributed by atoms with Crippen LogP contribution in [0, 0.1) is 0 Å². The van der Waals surface area contributed by atoms with E-state index >= 15 is 0 Å². The third kappa shape index (κ3) is 4.03. The monoisotopic (exact) mass is 263 g/mol. The molecule has 0 amide bonds. The van der Waals surface area contributed by atoms with E-state index in [1.807, 2.05) is 0 Å². The molecular formula is C12H16F3NO2. The number of hydrogen-bond donors (Lipinski definition) is 1. The second-order valence-corrected chi connectivity index (χ2v) is 4.52. The molecule has 0 radical (unpaired) electrons. The fraction of sp³-hybridized carbons (Fsp3) is 0.667. The van der Waals surface area contributed by atoms with Crippen LogP contribution in [-0.2, 0) is 17.9 Å². The van der Waals surface area contributed by atoms with Crippen molar-refractivity contribution >= 4 is 0 Å². The lowest BCUT2D eigenvalue weighted by atomic mass is 10.4. The molecule has 1 heterocycles. The number of alkyl halides is 3. The van der Waals surface area contributed by atoms with Gasteiger partial charge in [0.25, 0.3) is 0 Å². The maximum atomic E-state index is 12.2. The first-order valence-corrected chi connectivity index (χ1v) is 5.94. The third-order valence-electron chi connectivity index (χ3n) is 2.80.